The minimum absolute atomic E-state index is 0. The quantitative estimate of drug-likeness (QED) is 0.753. The van der Waals surface area contributed by atoms with E-state index in [4.69, 9.17) is 0 Å². The van der Waals surface area contributed by atoms with Crippen LogP contribution < -0.4 is 5.14 Å². The Labute approximate surface area is 107 Å². The second kappa shape index (κ2) is 4.84. The SMILES string of the molecule is NS(=O)(=O)c1cccc(C(F)(F)F)c1.[Na]. The average Bonchev–Trinajstić information content (AvgIpc) is 2.01. The van der Waals surface area contributed by atoms with Gasteiger partial charge in [-0.1, -0.05) is 6.07 Å². The molecule has 8 heteroatoms. The predicted octanol–water partition coefficient (Wildman–Crippen LogP) is 0.972. The number of sulfonamides is 1. The first-order valence-electron chi connectivity index (χ1n) is 3.41. The summed E-state index contributed by atoms with van der Waals surface area (Å²) in [6.07, 6.45) is -4.57. The van der Waals surface area contributed by atoms with Crippen molar-refractivity contribution in [2.75, 3.05) is 0 Å². The molecule has 0 saturated carbocycles. The number of nitrogens with two attached hydrogens (primary N) is 1. The number of primary sulfonamides is 1. The Hall–Kier alpha value is -0.0800. The van der Waals surface area contributed by atoms with E-state index in [1.54, 1.807) is 0 Å². The van der Waals surface area contributed by atoms with Crippen molar-refractivity contribution in [3.05, 3.63) is 29.8 Å². The third-order valence-electron chi connectivity index (χ3n) is 1.49. The zero-order valence-corrected chi connectivity index (χ0v) is 10.6. The Bertz CT molecular complexity index is 444. The summed E-state index contributed by atoms with van der Waals surface area (Å²) in [5.41, 5.74) is -1.04. The zero-order chi connectivity index (χ0) is 11.0. The minimum Gasteiger partial charge on any atom is -0.225 e. The maximum Gasteiger partial charge on any atom is 0.416 e. The van der Waals surface area contributed by atoms with Crippen molar-refractivity contribution in [3.63, 3.8) is 0 Å². The van der Waals surface area contributed by atoms with Crippen LogP contribution in [-0.2, 0) is 16.2 Å². The summed E-state index contributed by atoms with van der Waals surface area (Å²) in [6.45, 7) is 0. The second-order valence-electron chi connectivity index (χ2n) is 2.57. The van der Waals surface area contributed by atoms with Crippen molar-refractivity contribution in [2.45, 2.75) is 11.1 Å². The topological polar surface area (TPSA) is 60.2 Å². The van der Waals surface area contributed by atoms with Crippen molar-refractivity contribution >= 4 is 39.6 Å². The van der Waals surface area contributed by atoms with Crippen molar-refractivity contribution in [3.8, 4) is 0 Å². The smallest absolute Gasteiger partial charge is 0.225 e. The third-order valence-corrected chi connectivity index (χ3v) is 2.40. The van der Waals surface area contributed by atoms with E-state index in [2.05, 4.69) is 5.14 Å². The van der Waals surface area contributed by atoms with Crippen molar-refractivity contribution in [1.29, 1.82) is 0 Å². The Kier molecular flexibility index (Phi) is 4.81. The van der Waals surface area contributed by atoms with Gasteiger partial charge in [0.25, 0.3) is 0 Å². The molecule has 0 bridgehead atoms. The van der Waals surface area contributed by atoms with Gasteiger partial charge in [0.2, 0.25) is 10.0 Å². The van der Waals surface area contributed by atoms with Crippen LogP contribution >= 0.6 is 0 Å². The van der Waals surface area contributed by atoms with Gasteiger partial charge in [-0.25, -0.2) is 13.6 Å². The predicted molar refractivity (Wildman–Crippen MR) is 48.6 cm³/mol. The first kappa shape index (κ1) is 14.9. The van der Waals surface area contributed by atoms with E-state index >= 15 is 0 Å². The van der Waals surface area contributed by atoms with Crippen molar-refractivity contribution in [2.24, 2.45) is 5.14 Å². The molecule has 1 aromatic rings. The van der Waals surface area contributed by atoms with Crippen molar-refractivity contribution in [1.82, 2.24) is 0 Å². The zero-order valence-electron chi connectivity index (χ0n) is 7.75. The Morgan fingerprint density at radius 3 is 2.13 bits per heavy atom. The molecule has 79 valence electrons. The molecule has 0 aliphatic rings. The van der Waals surface area contributed by atoms with E-state index in [9.17, 15) is 21.6 Å². The van der Waals surface area contributed by atoms with Crippen LogP contribution in [0.1, 0.15) is 5.56 Å². The average molecular weight is 248 g/mol. The van der Waals surface area contributed by atoms with Gasteiger partial charge in [-0.2, -0.15) is 13.2 Å². The van der Waals surface area contributed by atoms with E-state index in [0.29, 0.717) is 6.07 Å². The normalized spacial score (nSPS) is 12.0. The molecule has 0 heterocycles. The summed E-state index contributed by atoms with van der Waals surface area (Å²) in [4.78, 5) is -0.549. The number of rotatable bonds is 1. The molecule has 0 aromatic heterocycles. The molecule has 0 spiro atoms. The maximum absolute atomic E-state index is 12.1. The van der Waals surface area contributed by atoms with E-state index in [-0.39, 0.29) is 29.6 Å². The van der Waals surface area contributed by atoms with Gasteiger partial charge in [-0.05, 0) is 18.2 Å². The van der Waals surface area contributed by atoms with Gasteiger partial charge < -0.3 is 0 Å². The fourth-order valence-corrected chi connectivity index (χ4v) is 1.41. The number of alkyl halides is 3. The van der Waals surface area contributed by atoms with Gasteiger partial charge in [0.15, 0.2) is 0 Å². The molecule has 0 fully saturated rings. The van der Waals surface area contributed by atoms with Crippen LogP contribution in [0, 0.1) is 0 Å². The van der Waals surface area contributed by atoms with E-state index < -0.39 is 26.7 Å². The van der Waals surface area contributed by atoms with Crippen LogP contribution in [-0.4, -0.2) is 38.0 Å². The number of hydrogen-bond donors (Lipinski definition) is 1. The van der Waals surface area contributed by atoms with Crippen LogP contribution in [0.15, 0.2) is 29.2 Å². The number of halogens is 3. The van der Waals surface area contributed by atoms with Crippen LogP contribution in [0.4, 0.5) is 13.2 Å². The van der Waals surface area contributed by atoms with Crippen LogP contribution in [0.3, 0.4) is 0 Å². The monoisotopic (exact) mass is 248 g/mol. The van der Waals surface area contributed by atoms with Crippen LogP contribution in [0.2, 0.25) is 0 Å². The van der Waals surface area contributed by atoms with Crippen LogP contribution in [0.25, 0.3) is 0 Å². The van der Waals surface area contributed by atoms with Gasteiger partial charge in [-0.15, -0.1) is 0 Å². The molecule has 15 heavy (non-hydrogen) atoms. The van der Waals surface area contributed by atoms with Crippen LogP contribution in [0.5, 0.6) is 0 Å². The largest absolute Gasteiger partial charge is 0.416 e. The van der Waals surface area contributed by atoms with E-state index in [0.717, 1.165) is 18.2 Å². The maximum atomic E-state index is 12.1. The number of hydrogen-bond acceptors (Lipinski definition) is 2. The molecular weight excluding hydrogens is 242 g/mol. The third kappa shape index (κ3) is 4.12. The van der Waals surface area contributed by atoms with Gasteiger partial charge in [0, 0.05) is 29.6 Å². The van der Waals surface area contributed by atoms with Crippen molar-refractivity contribution < 1.29 is 21.6 Å². The number of benzene rings is 1. The fourth-order valence-electron chi connectivity index (χ4n) is 0.849. The molecule has 1 rings (SSSR count). The minimum atomic E-state index is -4.57. The van der Waals surface area contributed by atoms with Gasteiger partial charge in [-0.3, -0.25) is 0 Å². The first-order chi connectivity index (χ1) is 6.21. The Morgan fingerprint density at radius 2 is 1.73 bits per heavy atom. The molecule has 0 unspecified atom stereocenters. The Morgan fingerprint density at radius 1 is 1.20 bits per heavy atom. The Balaban J connectivity index is 0.00000196. The molecule has 1 radical (unpaired) electrons. The van der Waals surface area contributed by atoms with Gasteiger partial charge >= 0.3 is 6.18 Å². The molecule has 0 aliphatic carbocycles. The molecule has 3 nitrogen and oxygen atoms in total. The fraction of sp³-hybridized carbons (Fsp3) is 0.143. The molecule has 1 aromatic carbocycles. The standard InChI is InChI=1S/C7H6F3NO2S.Na/c8-7(9,10)5-2-1-3-6(4-5)14(11,12)13;/h1-4H,(H2,11,12,13);. The second-order valence-corrected chi connectivity index (χ2v) is 4.13. The molecule has 0 aliphatic heterocycles. The van der Waals surface area contributed by atoms with E-state index in [1.807, 2.05) is 0 Å². The summed E-state index contributed by atoms with van der Waals surface area (Å²) in [5.74, 6) is 0. The summed E-state index contributed by atoms with van der Waals surface area (Å²) >= 11 is 0. The summed E-state index contributed by atoms with van der Waals surface area (Å²) in [6, 6.07) is 3.26. The van der Waals surface area contributed by atoms with Gasteiger partial charge in [0.05, 0.1) is 10.5 Å². The molecule has 2 N–H and O–H groups in total. The molecule has 0 amide bonds. The van der Waals surface area contributed by atoms with E-state index in [1.165, 1.54) is 0 Å². The molecule has 0 atom stereocenters. The summed E-state index contributed by atoms with van der Waals surface area (Å²) < 4.78 is 57.8. The summed E-state index contributed by atoms with van der Waals surface area (Å²) in [7, 11) is -4.09. The summed E-state index contributed by atoms with van der Waals surface area (Å²) in [5, 5.41) is 4.67. The molecule has 0 saturated heterocycles. The first-order valence-corrected chi connectivity index (χ1v) is 4.96. The molecular formula is C7H6F3NNaO2S. The van der Waals surface area contributed by atoms with Gasteiger partial charge in [0.1, 0.15) is 0 Å².